The van der Waals surface area contributed by atoms with Crippen LogP contribution < -0.4 is 5.32 Å². The zero-order valence-corrected chi connectivity index (χ0v) is 12.2. The molecular formula is C15H21N3O2. The number of hydrogen-bond acceptors (Lipinski definition) is 3. The molecule has 0 spiro atoms. The normalized spacial score (nSPS) is 21.8. The molecule has 1 unspecified atom stereocenters. The van der Waals surface area contributed by atoms with Crippen LogP contribution in [0.2, 0.25) is 0 Å². The molecule has 0 aliphatic carbocycles. The van der Waals surface area contributed by atoms with Gasteiger partial charge in [0.15, 0.2) is 0 Å². The molecule has 1 aliphatic rings. The Morgan fingerprint density at radius 3 is 2.40 bits per heavy atom. The lowest BCUT2D eigenvalue weighted by Crippen LogP contribution is -2.69. The number of piperazine rings is 1. The molecule has 5 heteroatoms. The molecule has 5 nitrogen and oxygen atoms in total. The Morgan fingerprint density at radius 1 is 1.25 bits per heavy atom. The van der Waals surface area contributed by atoms with Gasteiger partial charge >= 0.3 is 0 Å². The lowest BCUT2D eigenvalue weighted by Gasteiger charge is -2.47. The Balaban J connectivity index is 2.37. The fourth-order valence-electron chi connectivity index (χ4n) is 2.81. The predicted octanol–water partition coefficient (Wildman–Crippen LogP) is 1.49. The van der Waals surface area contributed by atoms with Crippen molar-refractivity contribution in [1.82, 2.24) is 15.2 Å². The SMILES string of the molecule is CCC1(CC)C(=O)NC(C)C(=O)N1Cc1ccncc1. The van der Waals surface area contributed by atoms with Crippen LogP contribution in [0.5, 0.6) is 0 Å². The zero-order chi connectivity index (χ0) is 14.8. The van der Waals surface area contributed by atoms with Crippen LogP contribution in [0.3, 0.4) is 0 Å². The van der Waals surface area contributed by atoms with Crippen molar-refractivity contribution in [2.24, 2.45) is 0 Å². The van der Waals surface area contributed by atoms with E-state index < -0.39 is 11.6 Å². The van der Waals surface area contributed by atoms with E-state index in [9.17, 15) is 9.59 Å². The first-order valence-electron chi connectivity index (χ1n) is 7.06. The molecule has 1 N–H and O–H groups in total. The van der Waals surface area contributed by atoms with Gasteiger partial charge in [0.25, 0.3) is 0 Å². The summed E-state index contributed by atoms with van der Waals surface area (Å²) in [6, 6.07) is 3.29. The second-order valence-corrected chi connectivity index (χ2v) is 5.21. The summed E-state index contributed by atoms with van der Waals surface area (Å²) >= 11 is 0. The van der Waals surface area contributed by atoms with Gasteiger partial charge < -0.3 is 10.2 Å². The molecule has 1 aromatic rings. The average molecular weight is 275 g/mol. The van der Waals surface area contributed by atoms with E-state index in [1.165, 1.54) is 0 Å². The average Bonchev–Trinajstić information content (AvgIpc) is 2.47. The predicted molar refractivity (Wildman–Crippen MR) is 75.7 cm³/mol. The zero-order valence-electron chi connectivity index (χ0n) is 12.2. The first kappa shape index (κ1) is 14.5. The summed E-state index contributed by atoms with van der Waals surface area (Å²) in [7, 11) is 0. The van der Waals surface area contributed by atoms with Gasteiger partial charge in [0, 0.05) is 18.9 Å². The Kier molecular flexibility index (Phi) is 4.06. The largest absolute Gasteiger partial charge is 0.343 e. The highest BCUT2D eigenvalue weighted by Crippen LogP contribution is 2.30. The van der Waals surface area contributed by atoms with Gasteiger partial charge in [-0.05, 0) is 37.5 Å². The van der Waals surface area contributed by atoms with Gasteiger partial charge in [-0.25, -0.2) is 0 Å². The van der Waals surface area contributed by atoms with Gasteiger partial charge in [0.1, 0.15) is 11.6 Å². The van der Waals surface area contributed by atoms with E-state index in [1.807, 2.05) is 26.0 Å². The molecule has 0 radical (unpaired) electrons. The topological polar surface area (TPSA) is 62.3 Å². The van der Waals surface area contributed by atoms with Crippen LogP contribution in [-0.4, -0.2) is 33.3 Å². The second-order valence-electron chi connectivity index (χ2n) is 5.21. The standard InChI is InChI=1S/C15H21N3O2/c1-4-15(5-2)14(20)17-11(3)13(19)18(15)10-12-6-8-16-9-7-12/h6-9,11H,4-5,10H2,1-3H3,(H,17,20). The second kappa shape index (κ2) is 5.61. The number of carbonyl (C=O) groups excluding carboxylic acids is 2. The van der Waals surface area contributed by atoms with Crippen molar-refractivity contribution in [3.8, 4) is 0 Å². The molecule has 1 atom stereocenters. The summed E-state index contributed by atoms with van der Waals surface area (Å²) in [5.41, 5.74) is 0.244. The summed E-state index contributed by atoms with van der Waals surface area (Å²) in [5.74, 6) is -0.0752. The Labute approximate surface area is 119 Å². The van der Waals surface area contributed by atoms with Crippen molar-refractivity contribution >= 4 is 11.8 Å². The van der Waals surface area contributed by atoms with Crippen LogP contribution >= 0.6 is 0 Å². The minimum absolute atomic E-state index is 0.0230. The van der Waals surface area contributed by atoms with Gasteiger partial charge in [0.2, 0.25) is 11.8 Å². The van der Waals surface area contributed by atoms with E-state index in [1.54, 1.807) is 24.2 Å². The number of nitrogens with zero attached hydrogens (tertiary/aromatic N) is 2. The first-order valence-corrected chi connectivity index (χ1v) is 7.06. The lowest BCUT2D eigenvalue weighted by molar-refractivity contribution is -0.158. The summed E-state index contributed by atoms with van der Waals surface area (Å²) in [5, 5.41) is 2.80. The molecular weight excluding hydrogens is 254 g/mol. The third kappa shape index (κ3) is 2.28. The van der Waals surface area contributed by atoms with Crippen LogP contribution in [0.25, 0.3) is 0 Å². The number of hydrogen-bond donors (Lipinski definition) is 1. The highest BCUT2D eigenvalue weighted by atomic mass is 16.2. The fourth-order valence-corrected chi connectivity index (χ4v) is 2.81. The Bertz CT molecular complexity index is 497. The fraction of sp³-hybridized carbons (Fsp3) is 0.533. The maximum absolute atomic E-state index is 12.5. The summed E-state index contributed by atoms with van der Waals surface area (Å²) < 4.78 is 0. The van der Waals surface area contributed by atoms with E-state index in [0.717, 1.165) is 5.56 Å². The smallest absolute Gasteiger partial charge is 0.246 e. The maximum Gasteiger partial charge on any atom is 0.246 e. The molecule has 0 saturated carbocycles. The Hall–Kier alpha value is -1.91. The first-order chi connectivity index (χ1) is 9.55. The van der Waals surface area contributed by atoms with E-state index >= 15 is 0 Å². The van der Waals surface area contributed by atoms with Gasteiger partial charge in [-0.3, -0.25) is 14.6 Å². The molecule has 1 aromatic heterocycles. The minimum atomic E-state index is -0.743. The van der Waals surface area contributed by atoms with Gasteiger partial charge in [-0.1, -0.05) is 13.8 Å². The van der Waals surface area contributed by atoms with Crippen molar-refractivity contribution in [3.05, 3.63) is 30.1 Å². The monoisotopic (exact) mass is 275 g/mol. The molecule has 2 heterocycles. The number of rotatable bonds is 4. The molecule has 20 heavy (non-hydrogen) atoms. The minimum Gasteiger partial charge on any atom is -0.343 e. The van der Waals surface area contributed by atoms with Crippen LogP contribution in [0.1, 0.15) is 39.2 Å². The van der Waals surface area contributed by atoms with Gasteiger partial charge in [-0.2, -0.15) is 0 Å². The number of pyridine rings is 1. The molecule has 0 aromatic carbocycles. The third-order valence-electron chi connectivity index (χ3n) is 4.18. The highest BCUT2D eigenvalue weighted by molar-refractivity contribution is 5.99. The molecule has 1 fully saturated rings. The quantitative estimate of drug-likeness (QED) is 0.905. The van der Waals surface area contributed by atoms with Crippen molar-refractivity contribution in [3.63, 3.8) is 0 Å². The number of amides is 2. The van der Waals surface area contributed by atoms with Crippen LogP contribution in [0.4, 0.5) is 0 Å². The van der Waals surface area contributed by atoms with Crippen molar-refractivity contribution in [1.29, 1.82) is 0 Å². The van der Waals surface area contributed by atoms with Crippen LogP contribution in [-0.2, 0) is 16.1 Å². The van der Waals surface area contributed by atoms with Crippen molar-refractivity contribution in [2.75, 3.05) is 0 Å². The van der Waals surface area contributed by atoms with Gasteiger partial charge in [0.05, 0.1) is 0 Å². The lowest BCUT2D eigenvalue weighted by atomic mass is 9.85. The molecule has 2 rings (SSSR count). The molecule has 1 saturated heterocycles. The summed E-state index contributed by atoms with van der Waals surface area (Å²) in [6.45, 7) is 6.08. The number of carbonyl (C=O) groups is 2. The van der Waals surface area contributed by atoms with Crippen molar-refractivity contribution in [2.45, 2.75) is 51.7 Å². The molecule has 2 amide bonds. The number of aromatic nitrogens is 1. The maximum atomic E-state index is 12.5. The van der Waals surface area contributed by atoms with Gasteiger partial charge in [-0.15, -0.1) is 0 Å². The number of nitrogens with one attached hydrogen (secondary N) is 1. The Morgan fingerprint density at radius 2 is 1.85 bits per heavy atom. The van der Waals surface area contributed by atoms with E-state index in [4.69, 9.17) is 0 Å². The third-order valence-corrected chi connectivity index (χ3v) is 4.18. The highest BCUT2D eigenvalue weighted by Gasteiger charge is 2.48. The molecule has 108 valence electrons. The van der Waals surface area contributed by atoms with E-state index in [-0.39, 0.29) is 11.8 Å². The van der Waals surface area contributed by atoms with Crippen molar-refractivity contribution < 1.29 is 9.59 Å². The molecule has 0 bridgehead atoms. The van der Waals surface area contributed by atoms with Crippen LogP contribution in [0.15, 0.2) is 24.5 Å². The van der Waals surface area contributed by atoms with Crippen LogP contribution in [0, 0.1) is 0 Å². The van der Waals surface area contributed by atoms with E-state index in [2.05, 4.69) is 10.3 Å². The van der Waals surface area contributed by atoms with E-state index in [0.29, 0.717) is 19.4 Å². The summed E-state index contributed by atoms with van der Waals surface area (Å²) in [6.07, 6.45) is 4.62. The summed E-state index contributed by atoms with van der Waals surface area (Å²) in [4.78, 5) is 30.6. The molecule has 1 aliphatic heterocycles.